The summed E-state index contributed by atoms with van der Waals surface area (Å²) in [6, 6.07) is 5.08. The van der Waals surface area contributed by atoms with E-state index in [1.54, 1.807) is 6.07 Å². The van der Waals surface area contributed by atoms with E-state index in [9.17, 15) is 9.59 Å². The quantitative estimate of drug-likeness (QED) is 0.776. The van der Waals surface area contributed by atoms with Crippen molar-refractivity contribution in [1.82, 2.24) is 0 Å². The van der Waals surface area contributed by atoms with Crippen LogP contribution in [0.1, 0.15) is 34.0 Å². The summed E-state index contributed by atoms with van der Waals surface area (Å²) >= 11 is 0. The van der Waals surface area contributed by atoms with Crippen molar-refractivity contribution in [3.05, 3.63) is 34.4 Å². The van der Waals surface area contributed by atoms with E-state index in [2.05, 4.69) is 0 Å². The number of hydrogen-bond donors (Lipinski definition) is 1. The van der Waals surface area contributed by atoms with E-state index in [4.69, 9.17) is 10.4 Å². The number of aliphatic carboxylic acids is 1. The fraction of sp³-hybridized carbons (Fsp3) is 0.250. The topological polar surface area (TPSA) is 78.2 Å². The van der Waals surface area contributed by atoms with Crippen molar-refractivity contribution in [2.24, 2.45) is 0 Å². The van der Waals surface area contributed by atoms with Gasteiger partial charge in [0.05, 0.1) is 18.1 Å². The van der Waals surface area contributed by atoms with Gasteiger partial charge >= 0.3 is 5.97 Å². The molecule has 0 radical (unpaired) electrons. The van der Waals surface area contributed by atoms with Crippen LogP contribution < -0.4 is 0 Å². The van der Waals surface area contributed by atoms with Crippen molar-refractivity contribution in [2.75, 3.05) is 0 Å². The Labute approximate surface area is 93.1 Å². The highest BCUT2D eigenvalue weighted by Crippen LogP contribution is 2.18. The molecule has 1 aromatic carbocycles. The zero-order chi connectivity index (χ0) is 12.1. The molecule has 82 valence electrons. The van der Waals surface area contributed by atoms with E-state index in [0.29, 0.717) is 35.0 Å². The minimum absolute atomic E-state index is 0.202. The van der Waals surface area contributed by atoms with Gasteiger partial charge in [-0.15, -0.1) is 0 Å². The lowest BCUT2D eigenvalue weighted by atomic mass is 9.94. The maximum atomic E-state index is 11.0. The zero-order valence-corrected chi connectivity index (χ0v) is 8.86. The molecule has 1 N–H and O–H groups in total. The van der Waals surface area contributed by atoms with Gasteiger partial charge in [0.2, 0.25) is 0 Å². The maximum Gasteiger partial charge on any atom is 0.307 e. The first-order valence-electron chi connectivity index (χ1n) is 4.85. The van der Waals surface area contributed by atoms with Crippen LogP contribution in [-0.2, 0) is 17.6 Å². The van der Waals surface area contributed by atoms with Crippen molar-refractivity contribution in [3.63, 3.8) is 0 Å². The van der Waals surface area contributed by atoms with Crippen LogP contribution in [0.2, 0.25) is 0 Å². The van der Waals surface area contributed by atoms with Crippen molar-refractivity contribution in [1.29, 1.82) is 5.26 Å². The van der Waals surface area contributed by atoms with Crippen LogP contribution in [0, 0.1) is 11.3 Å². The van der Waals surface area contributed by atoms with Crippen LogP contribution in [0.5, 0.6) is 0 Å². The van der Waals surface area contributed by atoms with E-state index in [-0.39, 0.29) is 6.42 Å². The monoisotopic (exact) mass is 217 g/mol. The largest absolute Gasteiger partial charge is 0.481 e. The Morgan fingerprint density at radius 3 is 2.69 bits per heavy atom. The maximum absolute atomic E-state index is 11.0. The van der Waals surface area contributed by atoms with Gasteiger partial charge in [-0.05, 0) is 23.6 Å². The van der Waals surface area contributed by atoms with Gasteiger partial charge in [0.25, 0.3) is 0 Å². The first kappa shape index (κ1) is 11.9. The van der Waals surface area contributed by atoms with Gasteiger partial charge in [0.1, 0.15) is 0 Å². The predicted octanol–water partition coefficient (Wildman–Crippen LogP) is 1.56. The minimum atomic E-state index is -0.991. The van der Waals surface area contributed by atoms with Crippen LogP contribution in [0.4, 0.5) is 0 Å². The molecular weight excluding hydrogens is 206 g/mol. The van der Waals surface area contributed by atoms with Gasteiger partial charge in [-0.2, -0.15) is 5.26 Å². The summed E-state index contributed by atoms with van der Waals surface area (Å²) in [6.45, 7) is 1.83. The van der Waals surface area contributed by atoms with Gasteiger partial charge in [0.15, 0.2) is 6.29 Å². The summed E-state index contributed by atoms with van der Waals surface area (Å²) < 4.78 is 0. The average molecular weight is 217 g/mol. The lowest BCUT2D eigenvalue weighted by Gasteiger charge is -2.09. The third kappa shape index (κ3) is 2.26. The molecule has 0 aliphatic rings. The number of carboxylic acids is 1. The number of carboxylic acid groups (broad SMARTS) is 1. The molecule has 0 atom stereocenters. The minimum Gasteiger partial charge on any atom is -0.481 e. The van der Waals surface area contributed by atoms with Gasteiger partial charge in [-0.3, -0.25) is 9.59 Å². The third-order valence-electron chi connectivity index (χ3n) is 2.38. The Balaban J connectivity index is 3.38. The Bertz CT molecular complexity index is 472. The van der Waals surface area contributed by atoms with E-state index < -0.39 is 5.97 Å². The van der Waals surface area contributed by atoms with E-state index >= 15 is 0 Å². The Morgan fingerprint density at radius 2 is 2.25 bits per heavy atom. The number of rotatable bonds is 4. The predicted molar refractivity (Wildman–Crippen MR) is 57.3 cm³/mol. The fourth-order valence-corrected chi connectivity index (χ4v) is 1.66. The molecule has 0 aliphatic carbocycles. The number of carbonyl (C=O) groups excluding carboxylic acids is 1. The lowest BCUT2D eigenvalue weighted by molar-refractivity contribution is -0.136. The molecule has 1 aromatic rings. The van der Waals surface area contributed by atoms with Crippen molar-refractivity contribution < 1.29 is 14.7 Å². The summed E-state index contributed by atoms with van der Waals surface area (Å²) in [6.07, 6.45) is 0.954. The summed E-state index contributed by atoms with van der Waals surface area (Å²) in [4.78, 5) is 21.6. The molecule has 0 amide bonds. The summed E-state index contributed by atoms with van der Waals surface area (Å²) in [5.74, 6) is -0.991. The van der Waals surface area contributed by atoms with Crippen LogP contribution in [0.3, 0.4) is 0 Å². The van der Waals surface area contributed by atoms with Crippen LogP contribution in [0.25, 0.3) is 0 Å². The molecule has 0 saturated carbocycles. The summed E-state index contributed by atoms with van der Waals surface area (Å²) in [5.41, 5.74) is 1.84. The van der Waals surface area contributed by atoms with Crippen molar-refractivity contribution in [3.8, 4) is 6.07 Å². The number of carbonyl (C=O) groups is 2. The summed E-state index contributed by atoms with van der Waals surface area (Å²) in [7, 11) is 0. The molecule has 0 aliphatic heterocycles. The highest BCUT2D eigenvalue weighted by Gasteiger charge is 2.13. The second-order valence-electron chi connectivity index (χ2n) is 3.32. The van der Waals surface area contributed by atoms with Crippen molar-refractivity contribution in [2.45, 2.75) is 19.8 Å². The van der Waals surface area contributed by atoms with Gasteiger partial charge < -0.3 is 5.11 Å². The van der Waals surface area contributed by atoms with Crippen LogP contribution in [0.15, 0.2) is 12.1 Å². The Hall–Kier alpha value is -2.15. The molecular formula is C12H11NO3. The van der Waals surface area contributed by atoms with E-state index in [1.165, 1.54) is 6.07 Å². The standard InChI is InChI=1S/C12H11NO3/c1-2-10-9(6-13)4-3-8(5-12(15)16)11(10)7-14/h3-4,7H,2,5H2,1H3,(H,15,16). The summed E-state index contributed by atoms with van der Waals surface area (Å²) in [5, 5.41) is 17.6. The lowest BCUT2D eigenvalue weighted by Crippen LogP contribution is -2.07. The third-order valence-corrected chi connectivity index (χ3v) is 2.38. The van der Waals surface area contributed by atoms with Crippen molar-refractivity contribution >= 4 is 12.3 Å². The van der Waals surface area contributed by atoms with E-state index in [0.717, 1.165) is 0 Å². The number of benzene rings is 1. The molecule has 16 heavy (non-hydrogen) atoms. The van der Waals surface area contributed by atoms with Crippen LogP contribution >= 0.6 is 0 Å². The van der Waals surface area contributed by atoms with Crippen LogP contribution in [-0.4, -0.2) is 17.4 Å². The second-order valence-corrected chi connectivity index (χ2v) is 3.32. The molecule has 0 saturated heterocycles. The Kier molecular flexibility index (Phi) is 3.78. The smallest absolute Gasteiger partial charge is 0.307 e. The highest BCUT2D eigenvalue weighted by molar-refractivity contribution is 5.84. The molecule has 1 rings (SSSR count). The first-order valence-corrected chi connectivity index (χ1v) is 4.85. The number of hydrogen-bond acceptors (Lipinski definition) is 3. The molecule has 0 spiro atoms. The SMILES string of the molecule is CCc1c(C#N)ccc(CC(=O)O)c1C=O. The number of nitriles is 1. The number of aldehydes is 1. The number of nitrogens with zero attached hydrogens (tertiary/aromatic N) is 1. The zero-order valence-electron chi connectivity index (χ0n) is 8.86. The normalized spacial score (nSPS) is 9.50. The molecule has 0 unspecified atom stereocenters. The molecule has 0 fully saturated rings. The first-order chi connectivity index (χ1) is 7.63. The van der Waals surface area contributed by atoms with Gasteiger partial charge in [-0.1, -0.05) is 13.0 Å². The molecule has 4 heteroatoms. The van der Waals surface area contributed by atoms with E-state index in [1.807, 2.05) is 13.0 Å². The average Bonchev–Trinajstić information content (AvgIpc) is 2.27. The molecule has 0 aromatic heterocycles. The molecule has 0 heterocycles. The fourth-order valence-electron chi connectivity index (χ4n) is 1.66. The second kappa shape index (κ2) is 5.08. The van der Waals surface area contributed by atoms with Gasteiger partial charge in [0, 0.05) is 5.56 Å². The van der Waals surface area contributed by atoms with Gasteiger partial charge in [-0.25, -0.2) is 0 Å². The molecule has 4 nitrogen and oxygen atoms in total. The highest BCUT2D eigenvalue weighted by atomic mass is 16.4. The molecule has 0 bridgehead atoms. The Morgan fingerprint density at radius 1 is 1.56 bits per heavy atom.